The van der Waals surface area contributed by atoms with Gasteiger partial charge in [0.25, 0.3) is 11.5 Å². The largest absolute Gasteiger partial charge is 0.501 e. The van der Waals surface area contributed by atoms with Crippen LogP contribution in [0.1, 0.15) is 51.8 Å². The Morgan fingerprint density at radius 2 is 1.60 bits per heavy atom. The molecule has 1 heterocycles. The summed E-state index contributed by atoms with van der Waals surface area (Å²) in [5, 5.41) is 22.9. The van der Waals surface area contributed by atoms with E-state index in [0.29, 0.717) is 17.1 Å². The van der Waals surface area contributed by atoms with Crippen LogP contribution in [-0.4, -0.2) is 20.6 Å². The summed E-state index contributed by atoms with van der Waals surface area (Å²) < 4.78 is 1.25. The van der Waals surface area contributed by atoms with E-state index in [1.54, 1.807) is 36.4 Å². The predicted octanol–water partition coefficient (Wildman–Crippen LogP) is 4.55. The highest BCUT2D eigenvalue weighted by atomic mass is 16.3. The second kappa shape index (κ2) is 10.1. The van der Waals surface area contributed by atoms with E-state index in [2.05, 4.69) is 16.4 Å². The number of hydrogen-bond acceptors (Lipinski definition) is 5. The van der Waals surface area contributed by atoms with Crippen molar-refractivity contribution in [2.45, 2.75) is 18.8 Å². The lowest BCUT2D eigenvalue weighted by Crippen LogP contribution is -2.29. The number of anilines is 1. The molecule has 35 heavy (non-hydrogen) atoms. The molecule has 1 amide bonds. The van der Waals surface area contributed by atoms with Crippen LogP contribution < -0.4 is 10.9 Å². The van der Waals surface area contributed by atoms with E-state index in [0.717, 1.165) is 11.1 Å². The van der Waals surface area contributed by atoms with E-state index in [1.165, 1.54) is 11.6 Å². The van der Waals surface area contributed by atoms with Crippen LogP contribution in [0.15, 0.2) is 89.7 Å². The molecule has 7 nitrogen and oxygen atoms in total. The molecule has 1 aromatic heterocycles. The van der Waals surface area contributed by atoms with E-state index < -0.39 is 23.1 Å². The van der Waals surface area contributed by atoms with Gasteiger partial charge in [0.15, 0.2) is 5.69 Å². The Bertz CT molecular complexity index is 1460. The van der Waals surface area contributed by atoms with Gasteiger partial charge in [0.1, 0.15) is 5.82 Å². The number of nitrogens with zero attached hydrogens (tertiary/aromatic N) is 3. The number of carbonyl (C=O) groups excluding carboxylic acids is 1. The van der Waals surface area contributed by atoms with Gasteiger partial charge in [-0.05, 0) is 29.3 Å². The molecule has 2 N–H and O–H groups in total. The lowest BCUT2D eigenvalue weighted by molar-refractivity contribution is 0.101. The van der Waals surface area contributed by atoms with Gasteiger partial charge in [0, 0.05) is 24.6 Å². The van der Waals surface area contributed by atoms with Crippen molar-refractivity contribution in [3.05, 3.63) is 123 Å². The normalized spacial score (nSPS) is 12.4. The van der Waals surface area contributed by atoms with Gasteiger partial charge in [0.2, 0.25) is 5.75 Å². The third-order valence-electron chi connectivity index (χ3n) is 6.03. The summed E-state index contributed by atoms with van der Waals surface area (Å²) in [6, 6.07) is 27.9. The molecule has 0 bridgehead atoms. The van der Waals surface area contributed by atoms with E-state index in [-0.39, 0.29) is 11.6 Å². The molecule has 4 rings (SSSR count). The van der Waals surface area contributed by atoms with Gasteiger partial charge in [-0.2, -0.15) is 5.26 Å². The number of benzene rings is 3. The Labute approximate surface area is 203 Å². The first-order valence-corrected chi connectivity index (χ1v) is 11.1. The van der Waals surface area contributed by atoms with Crippen molar-refractivity contribution in [2.24, 2.45) is 7.05 Å². The topological polar surface area (TPSA) is 108 Å². The fourth-order valence-corrected chi connectivity index (χ4v) is 4.30. The summed E-state index contributed by atoms with van der Waals surface area (Å²) in [7, 11) is 1.51. The summed E-state index contributed by atoms with van der Waals surface area (Å²) >= 11 is 0. The van der Waals surface area contributed by atoms with Gasteiger partial charge < -0.3 is 10.4 Å². The van der Waals surface area contributed by atoms with Crippen LogP contribution in [0.2, 0.25) is 0 Å². The second-order valence-corrected chi connectivity index (χ2v) is 8.23. The smallest absolute Gasteiger partial charge is 0.296 e. The molecule has 0 aliphatic carbocycles. The first kappa shape index (κ1) is 23.5. The molecule has 2 unspecified atom stereocenters. The molecular weight excluding hydrogens is 440 g/mol. The highest BCUT2D eigenvalue weighted by Gasteiger charge is 2.30. The lowest BCUT2D eigenvalue weighted by atomic mass is 9.79. The zero-order valence-electron chi connectivity index (χ0n) is 19.3. The van der Waals surface area contributed by atoms with Crippen LogP contribution in [0.4, 0.5) is 5.69 Å². The minimum absolute atomic E-state index is 0.313. The SMILES string of the molecule is CC(c1nc(C(=O)Nc2ccccc2)c(O)c(=O)n1C)C(c1ccccc1)c1ccccc1C#N. The number of hydrogen-bond donors (Lipinski definition) is 2. The van der Waals surface area contributed by atoms with Crippen LogP contribution in [0.5, 0.6) is 5.75 Å². The van der Waals surface area contributed by atoms with E-state index in [9.17, 15) is 20.0 Å². The van der Waals surface area contributed by atoms with Crippen LogP contribution in [0, 0.1) is 11.3 Å². The van der Waals surface area contributed by atoms with Gasteiger partial charge in [-0.3, -0.25) is 14.2 Å². The minimum Gasteiger partial charge on any atom is -0.501 e. The fourth-order valence-electron chi connectivity index (χ4n) is 4.30. The number of para-hydroxylation sites is 1. The van der Waals surface area contributed by atoms with Gasteiger partial charge >= 0.3 is 0 Å². The van der Waals surface area contributed by atoms with Crippen LogP contribution in [0.3, 0.4) is 0 Å². The predicted molar refractivity (Wildman–Crippen MR) is 133 cm³/mol. The Hall–Kier alpha value is -4.70. The van der Waals surface area contributed by atoms with Crippen molar-refractivity contribution in [2.75, 3.05) is 5.32 Å². The molecule has 0 fully saturated rings. The van der Waals surface area contributed by atoms with Crippen molar-refractivity contribution in [1.29, 1.82) is 5.26 Å². The molecule has 0 spiro atoms. The third kappa shape index (κ3) is 4.68. The monoisotopic (exact) mass is 464 g/mol. The van der Waals surface area contributed by atoms with Crippen molar-refractivity contribution in [1.82, 2.24) is 9.55 Å². The maximum absolute atomic E-state index is 13.0. The van der Waals surface area contributed by atoms with Crippen LogP contribution >= 0.6 is 0 Å². The molecule has 0 saturated heterocycles. The fraction of sp³-hybridized carbons (Fsp3) is 0.143. The molecule has 174 valence electrons. The van der Waals surface area contributed by atoms with Gasteiger partial charge in [-0.15, -0.1) is 0 Å². The zero-order chi connectivity index (χ0) is 24.9. The highest BCUT2D eigenvalue weighted by molar-refractivity contribution is 6.04. The summed E-state index contributed by atoms with van der Waals surface area (Å²) in [4.78, 5) is 30.4. The summed E-state index contributed by atoms with van der Waals surface area (Å²) in [6.07, 6.45) is 0. The number of carbonyl (C=O) groups is 1. The molecule has 7 heteroatoms. The Morgan fingerprint density at radius 3 is 2.26 bits per heavy atom. The average molecular weight is 465 g/mol. The molecular formula is C28H24N4O3. The standard InChI is InChI=1S/C28H24N4O3/c1-18(23(19-11-5-3-6-12-19)22-16-10-9-13-20(22)17-29)26-31-24(25(33)28(35)32(26)2)27(34)30-21-14-7-4-8-15-21/h3-16,18,23,33H,1-2H3,(H,30,34). The minimum atomic E-state index is -0.722. The van der Waals surface area contributed by atoms with Gasteiger partial charge in [-0.25, -0.2) is 4.98 Å². The van der Waals surface area contributed by atoms with Crippen LogP contribution in [0.25, 0.3) is 0 Å². The number of nitrogens with one attached hydrogen (secondary N) is 1. The van der Waals surface area contributed by atoms with Crippen molar-refractivity contribution >= 4 is 11.6 Å². The first-order chi connectivity index (χ1) is 16.9. The molecule has 0 aliphatic heterocycles. The Balaban J connectivity index is 1.84. The quantitative estimate of drug-likeness (QED) is 0.435. The summed E-state index contributed by atoms with van der Waals surface area (Å²) in [6.45, 7) is 1.89. The van der Waals surface area contributed by atoms with E-state index >= 15 is 0 Å². The molecule has 0 aliphatic rings. The summed E-state index contributed by atoms with van der Waals surface area (Å²) in [5.41, 5.74) is 1.67. The van der Waals surface area contributed by atoms with Crippen molar-refractivity contribution in [3.63, 3.8) is 0 Å². The maximum atomic E-state index is 13.0. The van der Waals surface area contributed by atoms with Crippen molar-refractivity contribution in [3.8, 4) is 11.8 Å². The lowest BCUT2D eigenvalue weighted by Gasteiger charge is -2.27. The summed E-state index contributed by atoms with van der Waals surface area (Å²) in [5.74, 6) is -1.85. The number of amides is 1. The first-order valence-electron chi connectivity index (χ1n) is 11.1. The number of rotatable bonds is 6. The molecule has 2 atom stereocenters. The van der Waals surface area contributed by atoms with Crippen molar-refractivity contribution < 1.29 is 9.90 Å². The molecule has 0 radical (unpaired) electrons. The molecule has 0 saturated carbocycles. The average Bonchev–Trinajstić information content (AvgIpc) is 2.89. The second-order valence-electron chi connectivity index (χ2n) is 8.23. The van der Waals surface area contributed by atoms with Gasteiger partial charge in [0.05, 0.1) is 11.6 Å². The van der Waals surface area contributed by atoms with Crippen LogP contribution in [-0.2, 0) is 7.05 Å². The Morgan fingerprint density at radius 1 is 1.00 bits per heavy atom. The Kier molecular flexibility index (Phi) is 6.74. The highest BCUT2D eigenvalue weighted by Crippen LogP contribution is 2.39. The van der Waals surface area contributed by atoms with Gasteiger partial charge in [-0.1, -0.05) is 73.7 Å². The number of aromatic hydroxyl groups is 1. The third-order valence-corrected chi connectivity index (χ3v) is 6.03. The van der Waals surface area contributed by atoms with E-state index in [1.807, 2.05) is 55.5 Å². The zero-order valence-corrected chi connectivity index (χ0v) is 19.3. The number of nitriles is 1. The molecule has 3 aromatic carbocycles. The number of aromatic nitrogens is 2. The molecule has 4 aromatic rings. The maximum Gasteiger partial charge on any atom is 0.296 e. The van der Waals surface area contributed by atoms with E-state index in [4.69, 9.17) is 0 Å².